The molecule has 8 heteroatoms. The minimum Gasteiger partial charge on any atom is -0.490 e. The summed E-state index contributed by atoms with van der Waals surface area (Å²) in [6, 6.07) is 4.49. The van der Waals surface area contributed by atoms with E-state index in [0.717, 1.165) is 0 Å². The van der Waals surface area contributed by atoms with Gasteiger partial charge >= 0.3 is 5.69 Å². The summed E-state index contributed by atoms with van der Waals surface area (Å²) in [5.41, 5.74) is 5.62. The molecular weight excluding hydrogens is 252 g/mol. The number of nitrogens with zero attached hydrogens (tertiary/aromatic N) is 3. The van der Waals surface area contributed by atoms with Crippen LogP contribution < -0.4 is 10.5 Å². The second-order valence-corrected chi connectivity index (χ2v) is 3.67. The monoisotopic (exact) mass is 264 g/mol. The molecule has 0 radical (unpaired) electrons. The number of ether oxygens (including phenoxy) is 1. The van der Waals surface area contributed by atoms with Crippen LogP contribution in [0.5, 0.6) is 5.75 Å². The van der Waals surface area contributed by atoms with Gasteiger partial charge < -0.3 is 15.0 Å². The normalized spacial score (nSPS) is 10.4. The molecule has 1 aromatic carbocycles. The predicted octanol–water partition coefficient (Wildman–Crippen LogP) is 1.15. The van der Waals surface area contributed by atoms with Crippen molar-refractivity contribution in [3.63, 3.8) is 0 Å². The van der Waals surface area contributed by atoms with Crippen molar-refractivity contribution in [3.05, 3.63) is 34.1 Å². The maximum Gasteiger partial charge on any atom is 0.311 e. The fraction of sp³-hybridized carbons (Fsp3) is 0.273. The lowest BCUT2D eigenvalue weighted by Gasteiger charge is -2.04. The molecule has 0 aliphatic heterocycles. The van der Waals surface area contributed by atoms with Crippen molar-refractivity contribution in [3.8, 4) is 17.2 Å². The van der Waals surface area contributed by atoms with E-state index in [0.29, 0.717) is 24.4 Å². The minimum absolute atomic E-state index is 0.0930. The molecule has 0 unspecified atom stereocenters. The van der Waals surface area contributed by atoms with Crippen LogP contribution in [0.4, 0.5) is 5.69 Å². The van der Waals surface area contributed by atoms with Crippen molar-refractivity contribution in [2.24, 2.45) is 5.73 Å². The average molecular weight is 264 g/mol. The number of rotatable bonds is 5. The maximum absolute atomic E-state index is 10.9. The van der Waals surface area contributed by atoms with Gasteiger partial charge in [-0.3, -0.25) is 10.1 Å². The van der Waals surface area contributed by atoms with Gasteiger partial charge in [0, 0.05) is 12.5 Å². The van der Waals surface area contributed by atoms with Gasteiger partial charge in [0.25, 0.3) is 5.89 Å². The SMILES string of the molecule is COc1c(-c2nc(CCN)no2)cccc1[N+](=O)[O-]. The lowest BCUT2D eigenvalue weighted by atomic mass is 10.1. The standard InChI is InChI=1S/C11H12N4O4/c1-18-10-7(3-2-4-8(10)15(16)17)11-13-9(5-6-12)14-19-11/h2-4H,5-6,12H2,1H3. The van der Waals surface area contributed by atoms with E-state index in [2.05, 4.69) is 10.1 Å². The lowest BCUT2D eigenvalue weighted by molar-refractivity contribution is -0.385. The lowest BCUT2D eigenvalue weighted by Crippen LogP contribution is -2.03. The fourth-order valence-corrected chi connectivity index (χ4v) is 1.65. The van der Waals surface area contributed by atoms with Gasteiger partial charge in [-0.05, 0) is 12.6 Å². The number of aromatic nitrogens is 2. The fourth-order valence-electron chi connectivity index (χ4n) is 1.65. The third kappa shape index (κ3) is 2.52. The van der Waals surface area contributed by atoms with Crippen LogP contribution in [0.25, 0.3) is 11.5 Å². The van der Waals surface area contributed by atoms with E-state index in [1.165, 1.54) is 19.2 Å². The summed E-state index contributed by atoms with van der Waals surface area (Å²) < 4.78 is 10.1. The van der Waals surface area contributed by atoms with Crippen LogP contribution in [0.3, 0.4) is 0 Å². The topological polar surface area (TPSA) is 117 Å². The molecule has 0 saturated carbocycles. The zero-order chi connectivity index (χ0) is 13.8. The van der Waals surface area contributed by atoms with Crippen molar-refractivity contribution in [1.29, 1.82) is 0 Å². The van der Waals surface area contributed by atoms with Crippen molar-refractivity contribution in [2.45, 2.75) is 6.42 Å². The van der Waals surface area contributed by atoms with Crippen LogP contribution in [0, 0.1) is 10.1 Å². The minimum atomic E-state index is -0.528. The molecule has 0 atom stereocenters. The van der Waals surface area contributed by atoms with Gasteiger partial charge in [-0.1, -0.05) is 11.2 Å². The van der Waals surface area contributed by atoms with Gasteiger partial charge in [0.2, 0.25) is 5.75 Å². The van der Waals surface area contributed by atoms with E-state index in [9.17, 15) is 10.1 Å². The summed E-state index contributed by atoms with van der Waals surface area (Å²) in [6.07, 6.45) is 0.473. The summed E-state index contributed by atoms with van der Waals surface area (Å²) in [5.74, 6) is 0.713. The molecule has 2 N–H and O–H groups in total. The number of nitrogens with two attached hydrogens (primary N) is 1. The van der Waals surface area contributed by atoms with Crippen LogP contribution >= 0.6 is 0 Å². The van der Waals surface area contributed by atoms with Crippen molar-refractivity contribution < 1.29 is 14.2 Å². The Morgan fingerprint density at radius 1 is 1.53 bits per heavy atom. The summed E-state index contributed by atoms with van der Waals surface area (Å²) in [5, 5.41) is 14.7. The number of hydrogen-bond donors (Lipinski definition) is 1. The molecule has 19 heavy (non-hydrogen) atoms. The Labute approximate surface area is 108 Å². The first kappa shape index (κ1) is 13.0. The van der Waals surface area contributed by atoms with E-state index in [1.54, 1.807) is 6.07 Å². The van der Waals surface area contributed by atoms with Crippen LogP contribution in [0.2, 0.25) is 0 Å². The average Bonchev–Trinajstić information content (AvgIpc) is 2.86. The second-order valence-electron chi connectivity index (χ2n) is 3.67. The Bertz CT molecular complexity index is 596. The second kappa shape index (κ2) is 5.44. The molecular formula is C11H12N4O4. The zero-order valence-corrected chi connectivity index (χ0v) is 10.2. The highest BCUT2D eigenvalue weighted by molar-refractivity contribution is 5.69. The quantitative estimate of drug-likeness (QED) is 0.635. The Hall–Kier alpha value is -2.48. The molecule has 100 valence electrons. The smallest absolute Gasteiger partial charge is 0.311 e. The van der Waals surface area contributed by atoms with Crippen molar-refractivity contribution >= 4 is 5.69 Å². The first-order chi connectivity index (χ1) is 9.17. The Morgan fingerprint density at radius 2 is 2.32 bits per heavy atom. The Kier molecular flexibility index (Phi) is 3.71. The van der Waals surface area contributed by atoms with Crippen molar-refractivity contribution in [1.82, 2.24) is 10.1 Å². The summed E-state index contributed by atoms with van der Waals surface area (Å²) in [7, 11) is 1.35. The Balaban J connectivity index is 2.48. The third-order valence-corrected chi connectivity index (χ3v) is 2.46. The van der Waals surface area contributed by atoms with Crippen LogP contribution in [0.1, 0.15) is 5.82 Å². The van der Waals surface area contributed by atoms with Gasteiger partial charge in [0.1, 0.15) is 0 Å². The van der Waals surface area contributed by atoms with Crippen LogP contribution in [-0.4, -0.2) is 28.7 Å². The van der Waals surface area contributed by atoms with Gasteiger partial charge in [-0.15, -0.1) is 0 Å². The van der Waals surface area contributed by atoms with E-state index >= 15 is 0 Å². The molecule has 1 aromatic heterocycles. The highest BCUT2D eigenvalue weighted by Crippen LogP contribution is 2.36. The first-order valence-corrected chi connectivity index (χ1v) is 5.51. The van der Waals surface area contributed by atoms with E-state index < -0.39 is 4.92 Å². The molecule has 0 amide bonds. The molecule has 0 saturated heterocycles. The summed E-state index contributed by atoms with van der Waals surface area (Å²) in [4.78, 5) is 14.5. The first-order valence-electron chi connectivity index (χ1n) is 5.51. The largest absolute Gasteiger partial charge is 0.490 e. The highest BCUT2D eigenvalue weighted by Gasteiger charge is 2.22. The number of benzene rings is 1. The molecule has 0 aliphatic rings. The number of nitro benzene ring substituents is 1. The number of para-hydroxylation sites is 1. The Morgan fingerprint density at radius 3 is 2.95 bits per heavy atom. The number of methoxy groups -OCH3 is 1. The predicted molar refractivity (Wildman–Crippen MR) is 65.7 cm³/mol. The molecule has 1 heterocycles. The van der Waals surface area contributed by atoms with Gasteiger partial charge in [0.05, 0.1) is 17.6 Å². The molecule has 2 rings (SSSR count). The number of hydrogen-bond acceptors (Lipinski definition) is 7. The molecule has 8 nitrogen and oxygen atoms in total. The van der Waals surface area contributed by atoms with Crippen LogP contribution in [0.15, 0.2) is 22.7 Å². The molecule has 0 spiro atoms. The molecule has 0 bridgehead atoms. The zero-order valence-electron chi connectivity index (χ0n) is 10.2. The summed E-state index contributed by atoms with van der Waals surface area (Å²) >= 11 is 0. The van der Waals surface area contributed by atoms with Crippen molar-refractivity contribution in [2.75, 3.05) is 13.7 Å². The third-order valence-electron chi connectivity index (χ3n) is 2.46. The summed E-state index contributed by atoms with van der Waals surface area (Å²) in [6.45, 7) is 0.394. The molecule has 2 aromatic rings. The highest BCUT2D eigenvalue weighted by atomic mass is 16.6. The van der Waals surface area contributed by atoms with Crippen LogP contribution in [-0.2, 0) is 6.42 Å². The van der Waals surface area contributed by atoms with E-state index in [4.69, 9.17) is 15.0 Å². The van der Waals surface area contributed by atoms with E-state index in [-0.39, 0.29) is 17.3 Å². The van der Waals surface area contributed by atoms with Gasteiger partial charge in [-0.25, -0.2) is 0 Å². The molecule has 0 fully saturated rings. The number of nitro groups is 1. The van der Waals surface area contributed by atoms with E-state index in [1.807, 2.05) is 0 Å². The maximum atomic E-state index is 10.9. The molecule has 0 aliphatic carbocycles. The van der Waals surface area contributed by atoms with Gasteiger partial charge in [-0.2, -0.15) is 4.98 Å². The van der Waals surface area contributed by atoms with Gasteiger partial charge in [0.15, 0.2) is 5.82 Å².